The van der Waals surface area contributed by atoms with Crippen molar-refractivity contribution >= 4 is 34.8 Å². The number of benzene rings is 1. The van der Waals surface area contributed by atoms with Gasteiger partial charge in [-0.25, -0.2) is 0 Å². The maximum atomic E-state index is 11.7. The van der Waals surface area contributed by atoms with Gasteiger partial charge in [0, 0.05) is 10.7 Å². The summed E-state index contributed by atoms with van der Waals surface area (Å²) < 4.78 is 0. The molecule has 17 heavy (non-hydrogen) atoms. The van der Waals surface area contributed by atoms with Crippen molar-refractivity contribution in [3.63, 3.8) is 0 Å². The molecule has 0 radical (unpaired) electrons. The predicted molar refractivity (Wildman–Crippen MR) is 74.2 cm³/mol. The lowest BCUT2D eigenvalue weighted by Gasteiger charge is -2.16. The van der Waals surface area contributed by atoms with Crippen molar-refractivity contribution in [2.75, 3.05) is 5.32 Å². The lowest BCUT2D eigenvalue weighted by atomic mass is 10.0. The highest BCUT2D eigenvalue weighted by Gasteiger charge is 2.15. The Morgan fingerprint density at radius 3 is 2.47 bits per heavy atom. The van der Waals surface area contributed by atoms with E-state index in [0.717, 1.165) is 29.7 Å². The van der Waals surface area contributed by atoms with Crippen LogP contribution in [0.3, 0.4) is 0 Å². The van der Waals surface area contributed by atoms with Crippen LogP contribution in [-0.2, 0) is 17.6 Å². The number of rotatable bonds is 4. The largest absolute Gasteiger partial charge is 0.324 e. The minimum atomic E-state index is -0.552. The van der Waals surface area contributed by atoms with Gasteiger partial charge >= 0.3 is 0 Å². The predicted octanol–water partition coefficient (Wildman–Crippen LogP) is 4.03. The fourth-order valence-electron chi connectivity index (χ4n) is 1.69. The van der Waals surface area contributed by atoms with Crippen LogP contribution in [0, 0.1) is 0 Å². The highest BCUT2D eigenvalue weighted by atomic mass is 35.5. The molecule has 0 spiro atoms. The Hall–Kier alpha value is -0.730. The quantitative estimate of drug-likeness (QED) is 0.825. The van der Waals surface area contributed by atoms with Gasteiger partial charge in [0.2, 0.25) is 5.91 Å². The average Bonchev–Trinajstić information content (AvgIpc) is 2.29. The number of amides is 1. The lowest BCUT2D eigenvalue weighted by molar-refractivity contribution is -0.115. The van der Waals surface area contributed by atoms with Gasteiger partial charge in [-0.15, -0.1) is 11.6 Å². The van der Waals surface area contributed by atoms with Crippen LogP contribution >= 0.6 is 23.2 Å². The van der Waals surface area contributed by atoms with Gasteiger partial charge in [0.05, 0.1) is 0 Å². The smallest absolute Gasteiger partial charge is 0.242 e. The highest BCUT2D eigenvalue weighted by molar-refractivity contribution is 6.33. The van der Waals surface area contributed by atoms with Crippen molar-refractivity contribution in [2.24, 2.45) is 0 Å². The first-order valence-corrected chi connectivity index (χ1v) is 6.57. The van der Waals surface area contributed by atoms with E-state index >= 15 is 0 Å². The molecule has 0 heterocycles. The SMILES string of the molecule is CCc1ccc(Cl)c(CC)c1NC(=O)C(C)Cl. The van der Waals surface area contributed by atoms with Gasteiger partial charge in [0.15, 0.2) is 0 Å². The van der Waals surface area contributed by atoms with Crippen LogP contribution in [-0.4, -0.2) is 11.3 Å². The molecule has 1 amide bonds. The van der Waals surface area contributed by atoms with Gasteiger partial charge in [-0.2, -0.15) is 0 Å². The third-order valence-corrected chi connectivity index (χ3v) is 3.24. The van der Waals surface area contributed by atoms with Gasteiger partial charge in [-0.1, -0.05) is 31.5 Å². The maximum Gasteiger partial charge on any atom is 0.242 e. The molecule has 1 aromatic carbocycles. The molecular formula is C13H17Cl2NO. The summed E-state index contributed by atoms with van der Waals surface area (Å²) in [6, 6.07) is 3.81. The maximum absolute atomic E-state index is 11.7. The molecule has 1 N–H and O–H groups in total. The summed E-state index contributed by atoms with van der Waals surface area (Å²) >= 11 is 11.9. The normalized spacial score (nSPS) is 12.3. The van der Waals surface area contributed by atoms with Crippen molar-refractivity contribution < 1.29 is 4.79 Å². The Bertz CT molecular complexity index is 416. The van der Waals surface area contributed by atoms with E-state index in [1.807, 2.05) is 26.0 Å². The minimum absolute atomic E-state index is 0.196. The summed E-state index contributed by atoms with van der Waals surface area (Å²) in [5.74, 6) is -0.196. The topological polar surface area (TPSA) is 29.1 Å². The van der Waals surface area contributed by atoms with Crippen LogP contribution < -0.4 is 5.32 Å². The number of hydrogen-bond donors (Lipinski definition) is 1. The van der Waals surface area contributed by atoms with Crippen LogP contribution in [0.1, 0.15) is 31.9 Å². The standard InChI is InChI=1S/C13H17Cl2NO/c1-4-9-6-7-11(15)10(5-2)12(9)16-13(17)8(3)14/h6-8H,4-5H2,1-3H3,(H,16,17). The highest BCUT2D eigenvalue weighted by Crippen LogP contribution is 2.29. The molecule has 1 unspecified atom stereocenters. The van der Waals surface area contributed by atoms with Crippen LogP contribution in [0.5, 0.6) is 0 Å². The average molecular weight is 274 g/mol. The molecule has 1 aromatic rings. The molecule has 0 aliphatic heterocycles. The Labute approximate surface area is 112 Å². The van der Waals surface area contributed by atoms with Crippen LogP contribution in [0.4, 0.5) is 5.69 Å². The summed E-state index contributed by atoms with van der Waals surface area (Å²) in [6.45, 7) is 5.71. The zero-order valence-corrected chi connectivity index (χ0v) is 11.8. The van der Waals surface area contributed by atoms with E-state index in [0.29, 0.717) is 5.02 Å². The summed E-state index contributed by atoms with van der Waals surface area (Å²) in [5, 5.41) is 3.00. The fourth-order valence-corrected chi connectivity index (χ4v) is 2.04. The summed E-state index contributed by atoms with van der Waals surface area (Å²) in [5.41, 5.74) is 2.87. The molecule has 4 heteroatoms. The second-order valence-corrected chi connectivity index (χ2v) is 4.93. The number of nitrogens with one attached hydrogen (secondary N) is 1. The number of hydrogen-bond acceptors (Lipinski definition) is 1. The molecule has 0 aliphatic rings. The second-order valence-electron chi connectivity index (χ2n) is 3.87. The van der Waals surface area contributed by atoms with Crippen molar-refractivity contribution in [1.82, 2.24) is 0 Å². The first-order chi connectivity index (χ1) is 8.01. The van der Waals surface area contributed by atoms with Crippen molar-refractivity contribution in [3.05, 3.63) is 28.3 Å². The van der Waals surface area contributed by atoms with E-state index < -0.39 is 5.38 Å². The van der Waals surface area contributed by atoms with Gasteiger partial charge < -0.3 is 5.32 Å². The molecule has 0 aliphatic carbocycles. The molecule has 1 rings (SSSR count). The zero-order chi connectivity index (χ0) is 13.0. The monoisotopic (exact) mass is 273 g/mol. The minimum Gasteiger partial charge on any atom is -0.324 e. The van der Waals surface area contributed by atoms with Gasteiger partial charge in [0.1, 0.15) is 5.38 Å². The number of carbonyl (C=O) groups is 1. The van der Waals surface area contributed by atoms with Gasteiger partial charge in [-0.05, 0) is 37.0 Å². The number of anilines is 1. The number of aryl methyl sites for hydroxylation is 1. The molecule has 0 saturated carbocycles. The Morgan fingerprint density at radius 2 is 2.00 bits per heavy atom. The summed E-state index contributed by atoms with van der Waals surface area (Å²) in [4.78, 5) is 11.7. The number of halogens is 2. The Morgan fingerprint density at radius 1 is 1.35 bits per heavy atom. The van der Waals surface area contributed by atoms with E-state index in [4.69, 9.17) is 23.2 Å². The van der Waals surface area contributed by atoms with E-state index in [1.54, 1.807) is 6.92 Å². The molecule has 0 bridgehead atoms. The van der Waals surface area contributed by atoms with E-state index in [-0.39, 0.29) is 5.91 Å². The summed E-state index contributed by atoms with van der Waals surface area (Å²) in [6.07, 6.45) is 1.62. The Balaban J connectivity index is 3.18. The molecule has 2 nitrogen and oxygen atoms in total. The fraction of sp³-hybridized carbons (Fsp3) is 0.462. The number of carbonyl (C=O) groups excluding carboxylic acids is 1. The van der Waals surface area contributed by atoms with Gasteiger partial charge in [-0.3, -0.25) is 4.79 Å². The van der Waals surface area contributed by atoms with Crippen molar-refractivity contribution in [2.45, 2.75) is 39.0 Å². The lowest BCUT2D eigenvalue weighted by Crippen LogP contribution is -2.22. The first kappa shape index (κ1) is 14.3. The zero-order valence-electron chi connectivity index (χ0n) is 10.3. The second kappa shape index (κ2) is 6.27. The molecule has 0 fully saturated rings. The first-order valence-electron chi connectivity index (χ1n) is 5.76. The molecule has 0 saturated heterocycles. The van der Waals surface area contributed by atoms with E-state index in [2.05, 4.69) is 5.32 Å². The molecular weight excluding hydrogens is 257 g/mol. The van der Waals surface area contributed by atoms with Crippen molar-refractivity contribution in [1.29, 1.82) is 0 Å². The van der Waals surface area contributed by atoms with Gasteiger partial charge in [0.25, 0.3) is 0 Å². The van der Waals surface area contributed by atoms with E-state index in [1.165, 1.54) is 0 Å². The van der Waals surface area contributed by atoms with Crippen LogP contribution in [0.25, 0.3) is 0 Å². The molecule has 1 atom stereocenters. The van der Waals surface area contributed by atoms with E-state index in [9.17, 15) is 4.79 Å². The third-order valence-electron chi connectivity index (χ3n) is 2.69. The number of alkyl halides is 1. The summed E-state index contributed by atoms with van der Waals surface area (Å²) in [7, 11) is 0. The van der Waals surface area contributed by atoms with Crippen molar-refractivity contribution in [3.8, 4) is 0 Å². The third kappa shape index (κ3) is 3.36. The molecule has 0 aromatic heterocycles. The molecule has 94 valence electrons. The van der Waals surface area contributed by atoms with Crippen LogP contribution in [0.2, 0.25) is 5.02 Å². The van der Waals surface area contributed by atoms with Crippen LogP contribution in [0.15, 0.2) is 12.1 Å². The Kier molecular flexibility index (Phi) is 5.29.